The summed E-state index contributed by atoms with van der Waals surface area (Å²) in [7, 11) is 0. The Labute approximate surface area is 150 Å². The zero-order valence-corrected chi connectivity index (χ0v) is 15.8. The third-order valence-electron chi connectivity index (χ3n) is 4.73. The van der Waals surface area contributed by atoms with Crippen molar-refractivity contribution in [1.29, 1.82) is 0 Å². The maximum absolute atomic E-state index is 12.5. The van der Waals surface area contributed by atoms with Gasteiger partial charge < -0.3 is 9.47 Å². The van der Waals surface area contributed by atoms with E-state index in [1.807, 2.05) is 0 Å². The molecule has 1 aliphatic carbocycles. The summed E-state index contributed by atoms with van der Waals surface area (Å²) >= 11 is 0. The lowest BCUT2D eigenvalue weighted by Gasteiger charge is -2.36. The molecule has 1 aliphatic rings. The SMILES string of the molecule is CC1CCC(C(C)C)C(OC(=O)c2cccc(C(=O)OC(C)C)n2)C1. The van der Waals surface area contributed by atoms with E-state index in [-0.39, 0.29) is 23.6 Å². The van der Waals surface area contributed by atoms with E-state index in [9.17, 15) is 9.59 Å². The summed E-state index contributed by atoms with van der Waals surface area (Å²) in [6.07, 6.45) is 2.80. The van der Waals surface area contributed by atoms with Gasteiger partial charge in [-0.2, -0.15) is 0 Å². The van der Waals surface area contributed by atoms with Crippen molar-refractivity contribution < 1.29 is 19.1 Å². The molecule has 0 saturated heterocycles. The highest BCUT2D eigenvalue weighted by Crippen LogP contribution is 2.35. The van der Waals surface area contributed by atoms with E-state index in [4.69, 9.17) is 9.47 Å². The zero-order chi connectivity index (χ0) is 18.6. The molecule has 0 aliphatic heterocycles. The van der Waals surface area contributed by atoms with Crippen LogP contribution in [-0.4, -0.2) is 29.1 Å². The number of esters is 2. The molecule has 3 atom stereocenters. The molecule has 0 bridgehead atoms. The summed E-state index contributed by atoms with van der Waals surface area (Å²) in [6, 6.07) is 4.75. The van der Waals surface area contributed by atoms with Crippen LogP contribution in [0.1, 0.15) is 74.9 Å². The van der Waals surface area contributed by atoms with Gasteiger partial charge in [-0.1, -0.05) is 33.3 Å². The first-order chi connectivity index (χ1) is 11.8. The van der Waals surface area contributed by atoms with E-state index in [0.717, 1.165) is 12.8 Å². The molecule has 0 amide bonds. The molecule has 138 valence electrons. The molecule has 0 aromatic carbocycles. The second kappa shape index (κ2) is 8.45. The molecule has 0 radical (unpaired) electrons. The normalized spacial score (nSPS) is 23.6. The molecule has 2 rings (SSSR count). The number of carbonyl (C=O) groups is 2. The van der Waals surface area contributed by atoms with Crippen molar-refractivity contribution in [3.05, 3.63) is 29.6 Å². The average Bonchev–Trinajstić information content (AvgIpc) is 2.54. The minimum absolute atomic E-state index is 0.0932. The van der Waals surface area contributed by atoms with Crippen LogP contribution < -0.4 is 0 Å². The fraction of sp³-hybridized carbons (Fsp3) is 0.650. The Morgan fingerprint density at radius 2 is 1.72 bits per heavy atom. The Morgan fingerprint density at radius 3 is 2.32 bits per heavy atom. The van der Waals surface area contributed by atoms with Gasteiger partial charge in [-0.15, -0.1) is 0 Å². The van der Waals surface area contributed by atoms with E-state index in [2.05, 4.69) is 25.8 Å². The average molecular weight is 347 g/mol. The van der Waals surface area contributed by atoms with Crippen molar-refractivity contribution in [3.63, 3.8) is 0 Å². The maximum Gasteiger partial charge on any atom is 0.357 e. The number of aromatic nitrogens is 1. The van der Waals surface area contributed by atoms with Gasteiger partial charge in [0.2, 0.25) is 0 Å². The number of rotatable bonds is 5. The van der Waals surface area contributed by atoms with Crippen molar-refractivity contribution in [2.24, 2.45) is 17.8 Å². The Bertz CT molecular complexity index is 611. The fourth-order valence-electron chi connectivity index (χ4n) is 3.38. The van der Waals surface area contributed by atoms with E-state index >= 15 is 0 Å². The van der Waals surface area contributed by atoms with Crippen molar-refractivity contribution >= 4 is 11.9 Å². The van der Waals surface area contributed by atoms with Gasteiger partial charge in [-0.3, -0.25) is 0 Å². The molecular formula is C20H29NO4. The molecule has 3 unspecified atom stereocenters. The Hall–Kier alpha value is -1.91. The summed E-state index contributed by atoms with van der Waals surface area (Å²) in [5, 5.41) is 0. The quantitative estimate of drug-likeness (QED) is 0.744. The van der Waals surface area contributed by atoms with E-state index in [1.54, 1.807) is 32.0 Å². The second-order valence-corrected chi connectivity index (χ2v) is 7.63. The van der Waals surface area contributed by atoms with Gasteiger partial charge in [-0.25, -0.2) is 14.6 Å². The number of nitrogens with zero attached hydrogens (tertiary/aromatic N) is 1. The summed E-state index contributed by atoms with van der Waals surface area (Å²) in [6.45, 7) is 10.1. The van der Waals surface area contributed by atoms with Crippen LogP contribution in [-0.2, 0) is 9.47 Å². The summed E-state index contributed by atoms with van der Waals surface area (Å²) < 4.78 is 10.9. The van der Waals surface area contributed by atoms with Crippen LogP contribution >= 0.6 is 0 Å². The lowest BCUT2D eigenvalue weighted by Crippen LogP contribution is -2.36. The molecule has 5 nitrogen and oxygen atoms in total. The summed E-state index contributed by atoms with van der Waals surface area (Å²) in [4.78, 5) is 28.6. The van der Waals surface area contributed by atoms with Gasteiger partial charge >= 0.3 is 11.9 Å². The van der Waals surface area contributed by atoms with Crippen LogP contribution in [0.5, 0.6) is 0 Å². The highest BCUT2D eigenvalue weighted by molar-refractivity contribution is 5.91. The Morgan fingerprint density at radius 1 is 1.08 bits per heavy atom. The van der Waals surface area contributed by atoms with E-state index in [0.29, 0.717) is 17.8 Å². The van der Waals surface area contributed by atoms with Gasteiger partial charge in [0.05, 0.1) is 6.10 Å². The predicted molar refractivity (Wildman–Crippen MR) is 95.3 cm³/mol. The first-order valence-electron chi connectivity index (χ1n) is 9.17. The van der Waals surface area contributed by atoms with Crippen molar-refractivity contribution in [3.8, 4) is 0 Å². The molecule has 0 N–H and O–H groups in total. The molecule has 1 heterocycles. The highest BCUT2D eigenvalue weighted by atomic mass is 16.5. The third kappa shape index (κ3) is 5.28. The maximum atomic E-state index is 12.5. The first kappa shape index (κ1) is 19.4. The number of hydrogen-bond donors (Lipinski definition) is 0. The third-order valence-corrected chi connectivity index (χ3v) is 4.73. The van der Waals surface area contributed by atoms with E-state index in [1.165, 1.54) is 6.42 Å². The smallest absolute Gasteiger partial charge is 0.357 e. The monoisotopic (exact) mass is 347 g/mol. The number of pyridine rings is 1. The summed E-state index contributed by atoms with van der Waals surface area (Å²) in [5.74, 6) is 0.382. The molecule has 1 fully saturated rings. The largest absolute Gasteiger partial charge is 0.458 e. The second-order valence-electron chi connectivity index (χ2n) is 7.63. The number of hydrogen-bond acceptors (Lipinski definition) is 5. The van der Waals surface area contributed by atoms with Crippen LogP contribution in [0, 0.1) is 17.8 Å². The minimum atomic E-state index is -0.531. The van der Waals surface area contributed by atoms with Crippen molar-refractivity contribution in [2.75, 3.05) is 0 Å². The van der Waals surface area contributed by atoms with Crippen LogP contribution in [0.15, 0.2) is 18.2 Å². The molecule has 25 heavy (non-hydrogen) atoms. The van der Waals surface area contributed by atoms with Gasteiger partial charge in [0.25, 0.3) is 0 Å². The summed E-state index contributed by atoms with van der Waals surface area (Å²) in [5.41, 5.74) is 0.277. The zero-order valence-electron chi connectivity index (χ0n) is 15.8. The number of carbonyl (C=O) groups excluding carboxylic acids is 2. The molecule has 1 aromatic heterocycles. The van der Waals surface area contributed by atoms with Crippen molar-refractivity contribution in [2.45, 2.75) is 66.1 Å². The lowest BCUT2D eigenvalue weighted by molar-refractivity contribution is -0.0179. The molecule has 0 spiro atoms. The lowest BCUT2D eigenvalue weighted by atomic mass is 9.75. The van der Waals surface area contributed by atoms with Crippen LogP contribution in [0.2, 0.25) is 0 Å². The van der Waals surface area contributed by atoms with Gasteiger partial charge in [0, 0.05) is 0 Å². The molecule has 1 aromatic rings. The Kier molecular flexibility index (Phi) is 6.57. The van der Waals surface area contributed by atoms with Gasteiger partial charge in [0.1, 0.15) is 17.5 Å². The number of ether oxygens (including phenoxy) is 2. The van der Waals surface area contributed by atoms with Gasteiger partial charge in [0.15, 0.2) is 0 Å². The van der Waals surface area contributed by atoms with Crippen LogP contribution in [0.4, 0.5) is 0 Å². The topological polar surface area (TPSA) is 65.5 Å². The predicted octanol–water partition coefficient (Wildman–Crippen LogP) is 4.26. The molecule has 5 heteroatoms. The molecular weight excluding hydrogens is 318 g/mol. The van der Waals surface area contributed by atoms with E-state index < -0.39 is 11.9 Å². The van der Waals surface area contributed by atoms with Crippen LogP contribution in [0.3, 0.4) is 0 Å². The fourth-order valence-corrected chi connectivity index (χ4v) is 3.38. The Balaban J connectivity index is 2.10. The highest BCUT2D eigenvalue weighted by Gasteiger charge is 2.33. The van der Waals surface area contributed by atoms with Crippen molar-refractivity contribution in [1.82, 2.24) is 4.98 Å². The van der Waals surface area contributed by atoms with Crippen LogP contribution in [0.25, 0.3) is 0 Å². The minimum Gasteiger partial charge on any atom is -0.458 e. The standard InChI is InChI=1S/C20H29NO4/c1-12(2)15-10-9-14(5)11-18(15)25-20(23)17-8-6-7-16(21-17)19(22)24-13(3)4/h6-8,12-15,18H,9-11H2,1-5H3. The van der Waals surface area contributed by atoms with Gasteiger partial charge in [-0.05, 0) is 56.6 Å². The first-order valence-corrected chi connectivity index (χ1v) is 9.17. The molecule has 1 saturated carbocycles.